The average Bonchev–Trinajstić information content (AvgIpc) is 2.44. The molecule has 0 radical (unpaired) electrons. The Kier molecular flexibility index (Phi) is 3.42. The molecule has 1 heterocycles. The normalized spacial score (nSPS) is 25.6. The summed E-state index contributed by atoms with van der Waals surface area (Å²) < 4.78 is 5.12. The second-order valence-corrected chi connectivity index (χ2v) is 4.98. The van der Waals surface area contributed by atoms with Crippen LogP contribution >= 0.6 is 0 Å². The third-order valence-electron chi connectivity index (χ3n) is 2.25. The number of amides is 1. The van der Waals surface area contributed by atoms with E-state index in [0.717, 1.165) is 0 Å². The molecule has 0 bridgehead atoms. The van der Waals surface area contributed by atoms with Crippen LogP contribution in [-0.2, 0) is 9.53 Å². The van der Waals surface area contributed by atoms with Crippen LogP contribution in [0.4, 0.5) is 4.79 Å². The van der Waals surface area contributed by atoms with Crippen LogP contribution in [0.2, 0.25) is 0 Å². The van der Waals surface area contributed by atoms with Crippen LogP contribution in [0.5, 0.6) is 0 Å². The van der Waals surface area contributed by atoms with E-state index >= 15 is 0 Å². The monoisotopic (exact) mass is 230 g/mol. The van der Waals surface area contributed by atoms with Crippen LogP contribution in [0.3, 0.4) is 0 Å². The maximum atomic E-state index is 11.7. The zero-order chi connectivity index (χ0) is 12.5. The first-order valence-electron chi connectivity index (χ1n) is 5.18. The van der Waals surface area contributed by atoms with Crippen LogP contribution in [0.25, 0.3) is 0 Å². The van der Waals surface area contributed by atoms with Gasteiger partial charge in [0.15, 0.2) is 0 Å². The largest absolute Gasteiger partial charge is 0.480 e. The van der Waals surface area contributed by atoms with Gasteiger partial charge in [-0.05, 0) is 27.2 Å². The van der Waals surface area contributed by atoms with Crippen LogP contribution in [0, 0.1) is 0 Å². The van der Waals surface area contributed by atoms with Crippen molar-refractivity contribution in [3.8, 4) is 0 Å². The van der Waals surface area contributed by atoms with Crippen LogP contribution in [-0.4, -0.2) is 46.3 Å². The Balaban J connectivity index is 2.71. The van der Waals surface area contributed by atoms with Crippen molar-refractivity contribution >= 4 is 12.1 Å². The molecule has 0 aromatic carbocycles. The lowest BCUT2D eigenvalue weighted by Crippen LogP contribution is -2.43. The minimum Gasteiger partial charge on any atom is -0.480 e. The number of likely N-dealkylation sites (tertiary alicyclic amines) is 1. The molecule has 3 N–H and O–H groups in total. The number of ether oxygens (including phenoxy) is 1. The van der Waals surface area contributed by atoms with Gasteiger partial charge in [-0.1, -0.05) is 0 Å². The molecular weight excluding hydrogens is 212 g/mol. The molecule has 1 fully saturated rings. The first kappa shape index (κ1) is 12.8. The van der Waals surface area contributed by atoms with Crippen molar-refractivity contribution in [2.75, 3.05) is 6.54 Å². The maximum Gasteiger partial charge on any atom is 0.411 e. The van der Waals surface area contributed by atoms with E-state index in [0.29, 0.717) is 0 Å². The average molecular weight is 230 g/mol. The fraction of sp³-hybridized carbons (Fsp3) is 0.800. The highest BCUT2D eigenvalue weighted by molar-refractivity contribution is 5.81. The molecule has 16 heavy (non-hydrogen) atoms. The topological polar surface area (TPSA) is 92.9 Å². The van der Waals surface area contributed by atoms with E-state index < -0.39 is 23.7 Å². The van der Waals surface area contributed by atoms with Gasteiger partial charge in [0.2, 0.25) is 0 Å². The number of nitrogens with two attached hydrogens (primary N) is 1. The standard InChI is InChI=1S/C10H18N2O4/c1-10(2,3)16-9(15)12-5-6(11)4-7(12)8(13)14/h6-7H,4-5,11H2,1-3H3,(H,13,14)/t6-,7?/m0/s1. The van der Waals surface area contributed by atoms with Crippen LogP contribution in [0.15, 0.2) is 0 Å². The van der Waals surface area contributed by atoms with Crippen molar-refractivity contribution in [1.29, 1.82) is 0 Å². The quantitative estimate of drug-likeness (QED) is 0.680. The molecule has 2 atom stereocenters. The summed E-state index contributed by atoms with van der Waals surface area (Å²) in [6.07, 6.45) is -0.345. The van der Waals surface area contributed by atoms with E-state index in [2.05, 4.69) is 0 Å². The number of carboxylic acid groups (broad SMARTS) is 1. The molecular formula is C10H18N2O4. The van der Waals surface area contributed by atoms with E-state index in [4.69, 9.17) is 15.6 Å². The summed E-state index contributed by atoms with van der Waals surface area (Å²) in [5.74, 6) is -1.04. The van der Waals surface area contributed by atoms with E-state index in [9.17, 15) is 9.59 Å². The molecule has 0 aromatic heterocycles. The van der Waals surface area contributed by atoms with E-state index in [1.165, 1.54) is 4.90 Å². The Labute approximate surface area is 94.3 Å². The van der Waals surface area contributed by atoms with Gasteiger partial charge in [0.05, 0.1) is 0 Å². The summed E-state index contributed by atoms with van der Waals surface area (Å²) in [6, 6.07) is -1.17. The molecule has 1 rings (SSSR count). The smallest absolute Gasteiger partial charge is 0.411 e. The number of hydrogen-bond donors (Lipinski definition) is 2. The molecule has 0 spiro atoms. The third-order valence-corrected chi connectivity index (χ3v) is 2.25. The van der Waals surface area contributed by atoms with Crippen molar-refractivity contribution in [2.24, 2.45) is 5.73 Å². The molecule has 6 nitrogen and oxygen atoms in total. The van der Waals surface area contributed by atoms with Crippen molar-refractivity contribution < 1.29 is 19.4 Å². The number of carbonyl (C=O) groups excluding carboxylic acids is 1. The highest BCUT2D eigenvalue weighted by atomic mass is 16.6. The van der Waals surface area contributed by atoms with Gasteiger partial charge in [-0.3, -0.25) is 4.90 Å². The third kappa shape index (κ3) is 3.10. The number of aliphatic carboxylic acids is 1. The molecule has 0 saturated carbocycles. The number of carboxylic acids is 1. The van der Waals surface area contributed by atoms with E-state index in [1.807, 2.05) is 0 Å². The lowest BCUT2D eigenvalue weighted by molar-refractivity contribution is -0.142. The van der Waals surface area contributed by atoms with Gasteiger partial charge in [0, 0.05) is 12.6 Å². The maximum absolute atomic E-state index is 11.7. The molecule has 0 aliphatic carbocycles. The van der Waals surface area contributed by atoms with Gasteiger partial charge in [-0.15, -0.1) is 0 Å². The summed E-state index contributed by atoms with van der Waals surface area (Å²) >= 11 is 0. The second kappa shape index (κ2) is 4.29. The number of carbonyl (C=O) groups is 2. The lowest BCUT2D eigenvalue weighted by Gasteiger charge is -2.26. The van der Waals surface area contributed by atoms with Crippen molar-refractivity contribution in [3.05, 3.63) is 0 Å². The molecule has 1 aliphatic heterocycles. The predicted molar refractivity (Wildman–Crippen MR) is 57.0 cm³/mol. The van der Waals surface area contributed by atoms with Gasteiger partial charge in [0.1, 0.15) is 11.6 Å². The zero-order valence-corrected chi connectivity index (χ0v) is 9.77. The van der Waals surface area contributed by atoms with Crippen LogP contribution in [0.1, 0.15) is 27.2 Å². The fourth-order valence-electron chi connectivity index (χ4n) is 1.62. The molecule has 1 saturated heterocycles. The zero-order valence-electron chi connectivity index (χ0n) is 9.77. The molecule has 1 amide bonds. The highest BCUT2D eigenvalue weighted by Crippen LogP contribution is 2.20. The molecule has 1 aliphatic rings. The predicted octanol–water partition coefficient (Wildman–Crippen LogP) is 0.408. The Hall–Kier alpha value is -1.30. The summed E-state index contributed by atoms with van der Waals surface area (Å²) in [7, 11) is 0. The number of rotatable bonds is 1. The lowest BCUT2D eigenvalue weighted by atomic mass is 10.2. The van der Waals surface area contributed by atoms with Crippen molar-refractivity contribution in [3.63, 3.8) is 0 Å². The summed E-state index contributed by atoms with van der Waals surface area (Å²) in [5, 5.41) is 8.94. The van der Waals surface area contributed by atoms with Crippen molar-refractivity contribution in [1.82, 2.24) is 4.90 Å². The van der Waals surface area contributed by atoms with Gasteiger partial charge in [-0.25, -0.2) is 9.59 Å². The van der Waals surface area contributed by atoms with Crippen molar-refractivity contribution in [2.45, 2.75) is 44.9 Å². The SMILES string of the molecule is CC(C)(C)OC(=O)N1C[C@@H](N)CC1C(=O)O. The Morgan fingerprint density at radius 2 is 2.00 bits per heavy atom. The minimum absolute atomic E-state index is 0.228. The second-order valence-electron chi connectivity index (χ2n) is 4.98. The molecule has 6 heteroatoms. The van der Waals surface area contributed by atoms with Gasteiger partial charge < -0.3 is 15.6 Å². The molecule has 1 unspecified atom stereocenters. The number of hydrogen-bond acceptors (Lipinski definition) is 4. The summed E-state index contributed by atoms with van der Waals surface area (Å²) in [6.45, 7) is 5.43. The fourth-order valence-corrected chi connectivity index (χ4v) is 1.62. The minimum atomic E-state index is -1.04. The Morgan fingerprint density at radius 1 is 1.44 bits per heavy atom. The summed E-state index contributed by atoms with van der Waals surface area (Å²) in [5.41, 5.74) is 5.01. The van der Waals surface area contributed by atoms with Gasteiger partial charge >= 0.3 is 12.1 Å². The first-order chi connectivity index (χ1) is 7.20. The summed E-state index contributed by atoms with van der Waals surface area (Å²) in [4.78, 5) is 23.8. The Bertz CT molecular complexity index is 298. The molecule has 0 aromatic rings. The van der Waals surface area contributed by atoms with Gasteiger partial charge in [-0.2, -0.15) is 0 Å². The number of nitrogens with zero attached hydrogens (tertiary/aromatic N) is 1. The molecule has 92 valence electrons. The van der Waals surface area contributed by atoms with E-state index in [-0.39, 0.29) is 19.0 Å². The Morgan fingerprint density at radius 3 is 2.44 bits per heavy atom. The van der Waals surface area contributed by atoms with Gasteiger partial charge in [0.25, 0.3) is 0 Å². The first-order valence-corrected chi connectivity index (χ1v) is 5.18. The highest BCUT2D eigenvalue weighted by Gasteiger charge is 2.40. The van der Waals surface area contributed by atoms with E-state index in [1.54, 1.807) is 20.8 Å². The van der Waals surface area contributed by atoms with Crippen LogP contribution < -0.4 is 5.73 Å².